The van der Waals surface area contributed by atoms with Crippen molar-refractivity contribution in [3.63, 3.8) is 0 Å². The van der Waals surface area contributed by atoms with Crippen molar-refractivity contribution >= 4 is 27.8 Å². The van der Waals surface area contributed by atoms with Crippen LogP contribution in [0.15, 0.2) is 54.7 Å². The molecule has 0 aliphatic carbocycles. The lowest BCUT2D eigenvalue weighted by atomic mass is 10.1. The van der Waals surface area contributed by atoms with Gasteiger partial charge in [0.2, 0.25) is 0 Å². The van der Waals surface area contributed by atoms with Crippen molar-refractivity contribution in [1.82, 2.24) is 14.5 Å². The van der Waals surface area contributed by atoms with E-state index in [2.05, 4.69) is 32.7 Å². The van der Waals surface area contributed by atoms with Gasteiger partial charge in [-0.05, 0) is 43.5 Å². The second-order valence-electron chi connectivity index (χ2n) is 6.19. The second kappa shape index (κ2) is 6.59. The molecule has 0 aliphatic heterocycles. The van der Waals surface area contributed by atoms with Crippen LogP contribution >= 0.6 is 0 Å². The van der Waals surface area contributed by atoms with Gasteiger partial charge in [0.15, 0.2) is 0 Å². The van der Waals surface area contributed by atoms with E-state index in [0.29, 0.717) is 18.7 Å². The molecule has 4 aromatic rings. The molecule has 0 saturated heterocycles. The molecule has 0 unspecified atom stereocenters. The average Bonchev–Trinajstić information content (AvgIpc) is 2.96. The van der Waals surface area contributed by atoms with Gasteiger partial charge in [-0.1, -0.05) is 24.3 Å². The highest BCUT2D eigenvalue weighted by atomic mass is 16.5. The maximum atomic E-state index is 12.0. The van der Waals surface area contributed by atoms with Gasteiger partial charge in [-0.25, -0.2) is 9.78 Å². The Kier molecular flexibility index (Phi) is 4.13. The molecule has 130 valence electrons. The molecule has 5 nitrogen and oxygen atoms in total. The summed E-state index contributed by atoms with van der Waals surface area (Å²) >= 11 is 0. The molecule has 0 N–H and O–H groups in total. The van der Waals surface area contributed by atoms with E-state index in [9.17, 15) is 4.79 Å². The number of hydrogen-bond donors (Lipinski definition) is 0. The Morgan fingerprint density at radius 3 is 2.73 bits per heavy atom. The zero-order chi connectivity index (χ0) is 18.1. The van der Waals surface area contributed by atoms with Crippen LogP contribution in [-0.4, -0.2) is 27.1 Å². The molecule has 2 aromatic heterocycles. The third kappa shape index (κ3) is 2.92. The highest BCUT2D eigenvalue weighted by molar-refractivity contribution is 5.93. The molecule has 0 fully saturated rings. The standard InChI is InChI=1S/C21H19N3O2/c1-3-26-21(25)16-8-9-19-20(11-16)24(14(2)23-19)13-18-10-15-6-4-5-7-17(15)12-22-18/h4-12H,3,13H2,1-2H3. The first-order valence-corrected chi connectivity index (χ1v) is 8.63. The van der Waals surface area contributed by atoms with Crippen LogP contribution < -0.4 is 0 Å². The highest BCUT2D eigenvalue weighted by Crippen LogP contribution is 2.21. The van der Waals surface area contributed by atoms with Crippen LogP contribution in [0.25, 0.3) is 21.8 Å². The first-order chi connectivity index (χ1) is 12.7. The minimum atomic E-state index is -0.316. The Morgan fingerprint density at radius 1 is 1.12 bits per heavy atom. The topological polar surface area (TPSA) is 57.0 Å². The number of pyridine rings is 1. The quantitative estimate of drug-likeness (QED) is 0.522. The predicted molar refractivity (Wildman–Crippen MR) is 101 cm³/mol. The number of fused-ring (bicyclic) bond motifs is 2. The van der Waals surface area contributed by atoms with E-state index < -0.39 is 0 Å². The van der Waals surface area contributed by atoms with E-state index in [4.69, 9.17) is 4.74 Å². The zero-order valence-corrected chi connectivity index (χ0v) is 14.8. The van der Waals surface area contributed by atoms with Crippen molar-refractivity contribution in [2.45, 2.75) is 20.4 Å². The number of benzene rings is 2. The fourth-order valence-corrected chi connectivity index (χ4v) is 3.16. The summed E-state index contributed by atoms with van der Waals surface area (Å²) in [7, 11) is 0. The number of esters is 1. The Morgan fingerprint density at radius 2 is 1.92 bits per heavy atom. The lowest BCUT2D eigenvalue weighted by molar-refractivity contribution is 0.0526. The number of imidazole rings is 1. The Bertz CT molecular complexity index is 1110. The minimum Gasteiger partial charge on any atom is -0.462 e. The molecule has 0 radical (unpaired) electrons. The number of aryl methyl sites for hydroxylation is 1. The maximum absolute atomic E-state index is 12.0. The van der Waals surface area contributed by atoms with Crippen molar-refractivity contribution in [2.75, 3.05) is 6.61 Å². The normalized spacial score (nSPS) is 11.2. The van der Waals surface area contributed by atoms with Crippen molar-refractivity contribution in [3.05, 3.63) is 71.8 Å². The van der Waals surface area contributed by atoms with Crippen LogP contribution in [0.4, 0.5) is 0 Å². The Labute approximate surface area is 151 Å². The highest BCUT2D eigenvalue weighted by Gasteiger charge is 2.13. The van der Waals surface area contributed by atoms with Crippen molar-refractivity contribution in [2.24, 2.45) is 0 Å². The van der Waals surface area contributed by atoms with E-state index in [1.54, 1.807) is 13.0 Å². The molecule has 2 heterocycles. The zero-order valence-electron chi connectivity index (χ0n) is 14.8. The summed E-state index contributed by atoms with van der Waals surface area (Å²) < 4.78 is 7.19. The summed E-state index contributed by atoms with van der Waals surface area (Å²) in [6, 6.07) is 15.7. The first-order valence-electron chi connectivity index (χ1n) is 8.63. The molecular weight excluding hydrogens is 326 g/mol. The van der Waals surface area contributed by atoms with E-state index >= 15 is 0 Å². The smallest absolute Gasteiger partial charge is 0.338 e. The number of hydrogen-bond acceptors (Lipinski definition) is 4. The molecule has 2 aromatic carbocycles. The van der Waals surface area contributed by atoms with E-state index in [1.807, 2.05) is 37.4 Å². The van der Waals surface area contributed by atoms with Crippen LogP contribution in [0.1, 0.15) is 28.8 Å². The van der Waals surface area contributed by atoms with Crippen molar-refractivity contribution in [1.29, 1.82) is 0 Å². The number of ether oxygens (including phenoxy) is 1. The molecule has 26 heavy (non-hydrogen) atoms. The molecule has 4 rings (SSSR count). The van der Waals surface area contributed by atoms with Crippen LogP contribution in [0.5, 0.6) is 0 Å². The third-order valence-electron chi connectivity index (χ3n) is 4.46. The van der Waals surface area contributed by atoms with Gasteiger partial charge in [0.25, 0.3) is 0 Å². The number of aromatic nitrogens is 3. The summed E-state index contributed by atoms with van der Waals surface area (Å²) in [5.41, 5.74) is 3.25. The Balaban J connectivity index is 1.75. The lowest BCUT2D eigenvalue weighted by Crippen LogP contribution is -2.06. The fraction of sp³-hybridized carbons (Fsp3) is 0.190. The largest absolute Gasteiger partial charge is 0.462 e. The molecule has 0 spiro atoms. The summed E-state index contributed by atoms with van der Waals surface area (Å²) in [5, 5.41) is 2.28. The van der Waals surface area contributed by atoms with Crippen LogP contribution in [0, 0.1) is 6.92 Å². The van der Waals surface area contributed by atoms with Gasteiger partial charge >= 0.3 is 5.97 Å². The number of nitrogens with zero attached hydrogens (tertiary/aromatic N) is 3. The monoisotopic (exact) mass is 345 g/mol. The molecular formula is C21H19N3O2. The van der Waals surface area contributed by atoms with Gasteiger partial charge in [-0.3, -0.25) is 4.98 Å². The van der Waals surface area contributed by atoms with Gasteiger partial charge in [0.05, 0.1) is 35.4 Å². The van der Waals surface area contributed by atoms with Gasteiger partial charge < -0.3 is 9.30 Å². The minimum absolute atomic E-state index is 0.316. The Hall–Kier alpha value is -3.21. The van der Waals surface area contributed by atoms with Gasteiger partial charge in [-0.15, -0.1) is 0 Å². The molecule has 5 heteroatoms. The maximum Gasteiger partial charge on any atom is 0.338 e. The predicted octanol–water partition coefficient (Wildman–Crippen LogP) is 4.12. The SMILES string of the molecule is CCOC(=O)c1ccc2nc(C)n(Cc3cc4ccccc4cn3)c2c1. The van der Waals surface area contributed by atoms with Gasteiger partial charge in [0, 0.05) is 11.6 Å². The molecule has 0 saturated carbocycles. The number of rotatable bonds is 4. The fourth-order valence-electron chi connectivity index (χ4n) is 3.16. The van der Waals surface area contributed by atoms with Gasteiger partial charge in [0.1, 0.15) is 5.82 Å². The summed E-state index contributed by atoms with van der Waals surface area (Å²) in [5.74, 6) is 0.569. The number of carbonyl (C=O) groups is 1. The van der Waals surface area contributed by atoms with Crippen LogP contribution in [-0.2, 0) is 11.3 Å². The first kappa shape index (κ1) is 16.3. The summed E-state index contributed by atoms with van der Waals surface area (Å²) in [6.07, 6.45) is 1.89. The molecule has 0 atom stereocenters. The van der Waals surface area contributed by atoms with Gasteiger partial charge in [-0.2, -0.15) is 0 Å². The van der Waals surface area contributed by atoms with E-state index in [0.717, 1.165) is 33.3 Å². The third-order valence-corrected chi connectivity index (χ3v) is 4.46. The molecule has 0 amide bonds. The van der Waals surface area contributed by atoms with Crippen molar-refractivity contribution < 1.29 is 9.53 Å². The van der Waals surface area contributed by atoms with Crippen molar-refractivity contribution in [3.8, 4) is 0 Å². The van der Waals surface area contributed by atoms with E-state index in [-0.39, 0.29) is 5.97 Å². The summed E-state index contributed by atoms with van der Waals surface area (Å²) in [4.78, 5) is 21.2. The molecule has 0 bridgehead atoms. The molecule has 0 aliphatic rings. The number of carbonyl (C=O) groups excluding carboxylic acids is 1. The summed E-state index contributed by atoms with van der Waals surface area (Å²) in [6.45, 7) is 4.72. The van der Waals surface area contributed by atoms with E-state index in [1.165, 1.54) is 0 Å². The van der Waals surface area contributed by atoms with Crippen LogP contribution in [0.3, 0.4) is 0 Å². The van der Waals surface area contributed by atoms with Crippen LogP contribution in [0.2, 0.25) is 0 Å². The second-order valence-corrected chi connectivity index (χ2v) is 6.19. The lowest BCUT2D eigenvalue weighted by Gasteiger charge is -2.08. The average molecular weight is 345 g/mol.